The molecule has 0 saturated heterocycles. The van der Waals surface area contributed by atoms with E-state index in [-0.39, 0.29) is 24.4 Å². The van der Waals surface area contributed by atoms with Gasteiger partial charge in [0.2, 0.25) is 0 Å². The van der Waals surface area contributed by atoms with E-state index in [0.717, 1.165) is 0 Å². The van der Waals surface area contributed by atoms with Gasteiger partial charge in [-0.25, -0.2) is 19.6 Å². The number of anilines is 1. The molecule has 6 nitrogen and oxygen atoms in total. The molecule has 2 heterocycles. The van der Waals surface area contributed by atoms with Gasteiger partial charge in [0.25, 0.3) is 0 Å². The molecular weight excluding hydrogens is 425 g/mol. The fourth-order valence-corrected chi connectivity index (χ4v) is 2.86. The first-order chi connectivity index (χ1) is 13.9. The van der Waals surface area contributed by atoms with Crippen molar-refractivity contribution in [3.05, 3.63) is 59.4 Å². The smallest absolute Gasteiger partial charge is 0.368 e. The maximum Gasteiger partial charge on any atom is 0.435 e. The van der Waals surface area contributed by atoms with Crippen molar-refractivity contribution < 1.29 is 40.6 Å². The number of benzene rings is 1. The Hall–Kier alpha value is -2.93. The number of nitrogens with one attached hydrogen (secondary N) is 2. The molecule has 1 unspecified atom stereocenters. The van der Waals surface area contributed by atoms with Gasteiger partial charge < -0.3 is 10.4 Å². The molecule has 2 amide bonds. The molecule has 3 rings (SSSR count). The Kier molecular flexibility index (Phi) is 5.37. The molecule has 3 N–H and O–H groups in total. The second-order valence-corrected chi connectivity index (χ2v) is 6.33. The third kappa shape index (κ3) is 3.65. The molecule has 0 bridgehead atoms. The van der Waals surface area contributed by atoms with Gasteiger partial charge in [0, 0.05) is 30.1 Å². The van der Waals surface area contributed by atoms with E-state index in [1.165, 1.54) is 12.4 Å². The summed E-state index contributed by atoms with van der Waals surface area (Å²) in [5.41, 5.74) is -5.20. The van der Waals surface area contributed by atoms with Gasteiger partial charge in [0.05, 0.1) is 5.69 Å². The fraction of sp³-hybridized carbons (Fsp3) is 0.294. The summed E-state index contributed by atoms with van der Waals surface area (Å²) < 4.78 is 92.4. The average Bonchev–Trinajstić information content (AvgIpc) is 2.66. The van der Waals surface area contributed by atoms with Gasteiger partial charge in [-0.2, -0.15) is 26.3 Å². The van der Waals surface area contributed by atoms with E-state index in [4.69, 9.17) is 0 Å². The third-order valence-corrected chi connectivity index (χ3v) is 4.39. The number of aromatic nitrogens is 1. The van der Waals surface area contributed by atoms with Gasteiger partial charge >= 0.3 is 24.1 Å². The number of hydrazine groups is 1. The van der Waals surface area contributed by atoms with Crippen LogP contribution in [0.15, 0.2) is 42.7 Å². The number of hydrogen-bond acceptors (Lipinski definition) is 4. The number of hydrogen-bond donors (Lipinski definition) is 3. The maximum atomic E-state index is 14.3. The van der Waals surface area contributed by atoms with E-state index in [1.54, 1.807) is 12.1 Å². The predicted molar refractivity (Wildman–Crippen MR) is 88.2 cm³/mol. The van der Waals surface area contributed by atoms with Gasteiger partial charge in [-0.3, -0.25) is 4.98 Å². The van der Waals surface area contributed by atoms with E-state index in [9.17, 15) is 40.6 Å². The van der Waals surface area contributed by atoms with E-state index >= 15 is 0 Å². The van der Waals surface area contributed by atoms with E-state index < -0.39 is 41.4 Å². The number of fused-ring (bicyclic) bond motifs is 1. The highest BCUT2D eigenvalue weighted by molar-refractivity contribution is 5.92. The standard InChI is InChI=1S/C17H13F7N4O2/c18-15(16(19,20)21,17(22,23)24)10-3-4-12-11(6-10)13(29)28(14(30)27-12)26-8-9-2-1-5-25-7-9/h1-7,13,26,29H,8H2,(H,27,30). The molecule has 0 saturated carbocycles. The van der Waals surface area contributed by atoms with E-state index in [1.807, 2.05) is 0 Å². The van der Waals surface area contributed by atoms with Crippen LogP contribution in [0, 0.1) is 0 Å². The number of amides is 2. The minimum atomic E-state index is -6.30. The molecule has 0 fully saturated rings. The molecule has 1 atom stereocenters. The van der Waals surface area contributed by atoms with Crippen LogP contribution < -0.4 is 10.7 Å². The quantitative estimate of drug-likeness (QED) is 0.633. The van der Waals surface area contributed by atoms with Crippen molar-refractivity contribution in [3.8, 4) is 0 Å². The van der Waals surface area contributed by atoms with Crippen molar-refractivity contribution in [2.24, 2.45) is 0 Å². The van der Waals surface area contributed by atoms with Crippen LogP contribution in [-0.2, 0) is 12.2 Å². The largest absolute Gasteiger partial charge is 0.435 e. The number of nitrogens with zero attached hydrogens (tertiary/aromatic N) is 2. The lowest BCUT2D eigenvalue weighted by Crippen LogP contribution is -2.51. The summed E-state index contributed by atoms with van der Waals surface area (Å²) in [6, 6.07) is 3.41. The second kappa shape index (κ2) is 7.40. The highest BCUT2D eigenvalue weighted by Gasteiger charge is 2.73. The minimum absolute atomic E-state index is 0.0501. The number of rotatable bonds is 4. The van der Waals surface area contributed by atoms with Gasteiger partial charge in [-0.1, -0.05) is 12.1 Å². The van der Waals surface area contributed by atoms with Crippen molar-refractivity contribution in [3.63, 3.8) is 0 Å². The molecule has 0 radical (unpaired) electrons. The van der Waals surface area contributed by atoms with Crippen LogP contribution >= 0.6 is 0 Å². The summed E-state index contributed by atoms with van der Waals surface area (Å²) in [7, 11) is 0. The number of aliphatic hydroxyl groups excluding tert-OH is 1. The zero-order valence-electron chi connectivity index (χ0n) is 14.7. The number of carbonyl (C=O) groups excluding carboxylic acids is 1. The van der Waals surface area contributed by atoms with Crippen LogP contribution in [0.3, 0.4) is 0 Å². The second-order valence-electron chi connectivity index (χ2n) is 6.33. The minimum Gasteiger partial charge on any atom is -0.368 e. The highest BCUT2D eigenvalue weighted by Crippen LogP contribution is 2.54. The lowest BCUT2D eigenvalue weighted by Gasteiger charge is -2.36. The molecule has 162 valence electrons. The van der Waals surface area contributed by atoms with Crippen LogP contribution in [0.25, 0.3) is 0 Å². The number of urea groups is 1. The Morgan fingerprint density at radius 3 is 2.33 bits per heavy atom. The van der Waals surface area contributed by atoms with Crippen molar-refractivity contribution in [1.29, 1.82) is 0 Å². The molecule has 1 aliphatic heterocycles. The molecular formula is C17H13F7N4O2. The fourth-order valence-electron chi connectivity index (χ4n) is 2.86. The summed E-state index contributed by atoms with van der Waals surface area (Å²) in [5, 5.41) is 13.1. The number of halogens is 7. The highest BCUT2D eigenvalue weighted by atomic mass is 19.4. The lowest BCUT2D eigenvalue weighted by molar-refractivity contribution is -0.348. The van der Waals surface area contributed by atoms with Crippen LogP contribution in [0.5, 0.6) is 0 Å². The van der Waals surface area contributed by atoms with Crippen LogP contribution in [0.1, 0.15) is 22.9 Å². The Morgan fingerprint density at radius 1 is 1.10 bits per heavy atom. The van der Waals surface area contributed by atoms with Crippen molar-refractivity contribution in [2.75, 3.05) is 5.32 Å². The molecule has 1 aromatic carbocycles. The molecule has 2 aromatic rings. The zero-order chi connectivity index (χ0) is 22.3. The van der Waals surface area contributed by atoms with E-state index in [2.05, 4.69) is 15.7 Å². The predicted octanol–water partition coefficient (Wildman–Crippen LogP) is 3.91. The van der Waals surface area contributed by atoms with Gasteiger partial charge in [-0.15, -0.1) is 0 Å². The topological polar surface area (TPSA) is 77.5 Å². The average molecular weight is 438 g/mol. The SMILES string of the molecule is O=C1Nc2ccc(C(F)(C(F)(F)F)C(F)(F)F)cc2C(O)N1NCc1cccnc1. The lowest BCUT2D eigenvalue weighted by atomic mass is 9.91. The van der Waals surface area contributed by atoms with Crippen molar-refractivity contribution in [2.45, 2.75) is 30.8 Å². The molecule has 1 aromatic heterocycles. The van der Waals surface area contributed by atoms with Gasteiger partial charge in [0.1, 0.15) is 0 Å². The van der Waals surface area contributed by atoms with Crippen molar-refractivity contribution in [1.82, 2.24) is 15.4 Å². The normalized spacial score (nSPS) is 17.5. The Bertz CT molecular complexity index is 920. The monoisotopic (exact) mass is 438 g/mol. The number of carbonyl (C=O) groups is 1. The van der Waals surface area contributed by atoms with Crippen molar-refractivity contribution >= 4 is 11.7 Å². The Labute approximate surface area is 164 Å². The van der Waals surface area contributed by atoms with Crippen LogP contribution in [0.4, 0.5) is 41.2 Å². The molecule has 0 aliphatic carbocycles. The molecule has 13 heteroatoms. The summed E-state index contributed by atoms with van der Waals surface area (Å²) in [5.74, 6) is 0. The Morgan fingerprint density at radius 2 is 1.77 bits per heavy atom. The molecule has 0 spiro atoms. The maximum absolute atomic E-state index is 14.3. The zero-order valence-corrected chi connectivity index (χ0v) is 14.7. The first-order valence-electron chi connectivity index (χ1n) is 8.23. The molecule has 30 heavy (non-hydrogen) atoms. The van der Waals surface area contributed by atoms with E-state index in [0.29, 0.717) is 16.6 Å². The summed E-state index contributed by atoms with van der Waals surface area (Å²) in [4.78, 5) is 16.0. The number of pyridine rings is 1. The summed E-state index contributed by atoms with van der Waals surface area (Å²) in [6.45, 7) is -0.0501. The molecule has 1 aliphatic rings. The van der Waals surface area contributed by atoms with Crippen LogP contribution in [0.2, 0.25) is 0 Å². The summed E-state index contributed by atoms with van der Waals surface area (Å²) in [6.07, 6.45) is -11.7. The Balaban J connectivity index is 1.95. The third-order valence-electron chi connectivity index (χ3n) is 4.39. The van der Waals surface area contributed by atoms with Gasteiger partial charge in [0.15, 0.2) is 6.23 Å². The first kappa shape index (κ1) is 21.8. The summed E-state index contributed by atoms with van der Waals surface area (Å²) >= 11 is 0. The first-order valence-corrected chi connectivity index (χ1v) is 8.23. The number of aliphatic hydroxyl groups is 1. The number of alkyl halides is 7. The van der Waals surface area contributed by atoms with Gasteiger partial charge in [-0.05, 0) is 23.8 Å². The van der Waals surface area contributed by atoms with Crippen LogP contribution in [-0.4, -0.2) is 33.5 Å².